The van der Waals surface area contributed by atoms with E-state index in [1.54, 1.807) is 0 Å². The summed E-state index contributed by atoms with van der Waals surface area (Å²) in [4.78, 5) is 14.5. The van der Waals surface area contributed by atoms with Crippen LogP contribution in [0.2, 0.25) is 0 Å². The summed E-state index contributed by atoms with van der Waals surface area (Å²) < 4.78 is 27.4. The van der Waals surface area contributed by atoms with Gasteiger partial charge in [0.1, 0.15) is 0 Å². The Labute approximate surface area is 120 Å². The van der Waals surface area contributed by atoms with Gasteiger partial charge < -0.3 is 4.98 Å². The van der Waals surface area contributed by atoms with Gasteiger partial charge in [-0.15, -0.1) is 0 Å². The fourth-order valence-corrected chi connectivity index (χ4v) is 2.78. The van der Waals surface area contributed by atoms with Crippen molar-refractivity contribution in [3.63, 3.8) is 0 Å². The number of hydrogen-bond donors (Lipinski definition) is 1. The van der Waals surface area contributed by atoms with Gasteiger partial charge in [0.2, 0.25) is 0 Å². The number of aryl methyl sites for hydroxylation is 2. The molecule has 0 atom stereocenters. The number of aldehydes is 1. The van der Waals surface area contributed by atoms with Crippen LogP contribution in [0.15, 0.2) is 30.3 Å². The molecule has 0 aliphatic rings. The molecule has 0 spiro atoms. The minimum absolute atomic E-state index is 0.0605. The molecular weight excluding hydrogens is 272 g/mol. The topological polar surface area (TPSA) is 32.9 Å². The summed E-state index contributed by atoms with van der Waals surface area (Å²) in [7, 11) is 0. The van der Waals surface area contributed by atoms with Gasteiger partial charge in [0.25, 0.3) is 0 Å². The van der Waals surface area contributed by atoms with Crippen molar-refractivity contribution in [1.82, 2.24) is 4.98 Å². The highest BCUT2D eigenvalue weighted by Gasteiger charge is 2.18. The van der Waals surface area contributed by atoms with Crippen molar-refractivity contribution < 1.29 is 13.6 Å². The molecule has 3 rings (SSSR count). The van der Waals surface area contributed by atoms with Crippen LogP contribution in [0.3, 0.4) is 0 Å². The number of rotatable bonds is 2. The van der Waals surface area contributed by atoms with Crippen LogP contribution in [0.1, 0.15) is 21.5 Å². The summed E-state index contributed by atoms with van der Waals surface area (Å²) in [6.45, 7) is 3.83. The average Bonchev–Trinajstić information content (AvgIpc) is 2.80. The van der Waals surface area contributed by atoms with Crippen LogP contribution >= 0.6 is 0 Å². The summed E-state index contributed by atoms with van der Waals surface area (Å²) in [6.07, 6.45) is 0.681. The molecule has 0 aliphatic carbocycles. The Balaban J connectivity index is 2.41. The molecule has 0 unspecified atom stereocenters. The highest BCUT2D eigenvalue weighted by Crippen LogP contribution is 2.33. The summed E-state index contributed by atoms with van der Waals surface area (Å²) in [5.74, 6) is -1.89. The quantitative estimate of drug-likeness (QED) is 0.689. The van der Waals surface area contributed by atoms with Crippen LogP contribution in [0.5, 0.6) is 0 Å². The van der Waals surface area contributed by atoms with E-state index in [1.807, 2.05) is 26.0 Å². The van der Waals surface area contributed by atoms with Gasteiger partial charge in [0, 0.05) is 22.0 Å². The first-order chi connectivity index (χ1) is 10.0. The van der Waals surface area contributed by atoms with Gasteiger partial charge in [-0.25, -0.2) is 8.78 Å². The normalized spacial score (nSPS) is 11.0. The molecule has 0 amide bonds. The Bertz CT molecular complexity index is 865. The highest BCUT2D eigenvalue weighted by atomic mass is 19.2. The Morgan fingerprint density at radius 2 is 1.90 bits per heavy atom. The second kappa shape index (κ2) is 4.81. The van der Waals surface area contributed by atoms with Gasteiger partial charge >= 0.3 is 0 Å². The van der Waals surface area contributed by atoms with Gasteiger partial charge in [-0.1, -0.05) is 12.1 Å². The summed E-state index contributed by atoms with van der Waals surface area (Å²) in [6, 6.07) is 7.77. The standard InChI is InChI=1S/C17H13F2NO/c1-9-6-10(2)15-12(8-21)17(20-14(15)7-9)11-4-3-5-13(18)16(11)19/h3-8,20H,1-2H3. The van der Waals surface area contributed by atoms with Crippen molar-refractivity contribution >= 4 is 17.2 Å². The molecule has 0 saturated heterocycles. The predicted octanol–water partition coefficient (Wildman–Crippen LogP) is 4.54. The lowest BCUT2D eigenvalue weighted by Gasteiger charge is -2.03. The third kappa shape index (κ3) is 2.03. The van der Waals surface area contributed by atoms with Crippen molar-refractivity contribution in [1.29, 1.82) is 0 Å². The highest BCUT2D eigenvalue weighted by molar-refractivity contribution is 6.06. The van der Waals surface area contributed by atoms with E-state index >= 15 is 0 Å². The van der Waals surface area contributed by atoms with E-state index in [-0.39, 0.29) is 5.56 Å². The van der Waals surface area contributed by atoms with Crippen LogP contribution in [0, 0.1) is 25.5 Å². The van der Waals surface area contributed by atoms with Crippen LogP contribution < -0.4 is 0 Å². The fourth-order valence-electron chi connectivity index (χ4n) is 2.78. The van der Waals surface area contributed by atoms with Crippen molar-refractivity contribution in [2.45, 2.75) is 13.8 Å². The lowest BCUT2D eigenvalue weighted by Crippen LogP contribution is -1.92. The Kier molecular flexibility index (Phi) is 3.09. The van der Waals surface area contributed by atoms with Crippen molar-refractivity contribution in [2.75, 3.05) is 0 Å². The fraction of sp³-hybridized carbons (Fsp3) is 0.118. The molecule has 2 nitrogen and oxygen atoms in total. The van der Waals surface area contributed by atoms with Gasteiger partial charge in [0.05, 0.1) is 5.69 Å². The summed E-state index contributed by atoms with van der Waals surface area (Å²) >= 11 is 0. The molecule has 21 heavy (non-hydrogen) atoms. The predicted molar refractivity (Wildman–Crippen MR) is 78.5 cm³/mol. The number of fused-ring (bicyclic) bond motifs is 1. The summed E-state index contributed by atoms with van der Waals surface area (Å²) in [5, 5.41) is 0.745. The maximum Gasteiger partial charge on any atom is 0.168 e. The Hall–Kier alpha value is -2.49. The third-order valence-corrected chi connectivity index (χ3v) is 3.62. The first-order valence-electron chi connectivity index (χ1n) is 6.55. The van der Waals surface area contributed by atoms with E-state index in [0.717, 1.165) is 28.1 Å². The van der Waals surface area contributed by atoms with Crippen LogP contribution in [0.4, 0.5) is 8.78 Å². The maximum atomic E-state index is 14.0. The number of aromatic nitrogens is 1. The number of hydrogen-bond acceptors (Lipinski definition) is 1. The molecule has 1 N–H and O–H groups in total. The molecule has 0 bridgehead atoms. The van der Waals surface area contributed by atoms with Crippen LogP contribution in [-0.2, 0) is 0 Å². The van der Waals surface area contributed by atoms with E-state index in [0.29, 0.717) is 17.5 Å². The number of aromatic amines is 1. The van der Waals surface area contributed by atoms with Crippen molar-refractivity contribution in [2.24, 2.45) is 0 Å². The molecular formula is C17H13F2NO. The molecule has 4 heteroatoms. The van der Waals surface area contributed by atoms with Crippen LogP contribution in [0.25, 0.3) is 22.2 Å². The monoisotopic (exact) mass is 285 g/mol. The maximum absolute atomic E-state index is 14.0. The van der Waals surface area contributed by atoms with Gasteiger partial charge in [-0.05, 0) is 43.2 Å². The first kappa shape index (κ1) is 13.5. The Morgan fingerprint density at radius 1 is 1.14 bits per heavy atom. The number of carbonyl (C=O) groups excluding carboxylic acids is 1. The number of halogens is 2. The minimum atomic E-state index is -0.957. The van der Waals surface area contributed by atoms with Crippen LogP contribution in [-0.4, -0.2) is 11.3 Å². The van der Waals surface area contributed by atoms with E-state index in [4.69, 9.17) is 0 Å². The van der Waals surface area contributed by atoms with Crippen molar-refractivity contribution in [3.05, 3.63) is 58.7 Å². The molecule has 0 aliphatic heterocycles. The van der Waals surface area contributed by atoms with E-state index in [2.05, 4.69) is 4.98 Å². The molecule has 106 valence electrons. The molecule has 0 saturated carbocycles. The largest absolute Gasteiger partial charge is 0.354 e. The number of carbonyl (C=O) groups is 1. The molecule has 2 aromatic carbocycles. The molecule has 0 radical (unpaired) electrons. The van der Waals surface area contributed by atoms with E-state index in [1.165, 1.54) is 12.1 Å². The second-order valence-corrected chi connectivity index (χ2v) is 5.14. The van der Waals surface area contributed by atoms with Gasteiger partial charge in [0.15, 0.2) is 17.9 Å². The number of benzene rings is 2. The first-order valence-corrected chi connectivity index (χ1v) is 6.55. The molecule has 1 aromatic heterocycles. The molecule has 1 heterocycles. The lowest BCUT2D eigenvalue weighted by molar-refractivity contribution is 0.112. The SMILES string of the molecule is Cc1cc(C)c2c(C=O)c(-c3cccc(F)c3F)[nH]c2c1. The summed E-state index contributed by atoms with van der Waals surface area (Å²) in [5.41, 5.74) is 3.42. The zero-order chi connectivity index (χ0) is 15.1. The van der Waals surface area contributed by atoms with Gasteiger partial charge in [-0.2, -0.15) is 0 Å². The van der Waals surface area contributed by atoms with Gasteiger partial charge in [-0.3, -0.25) is 4.79 Å². The Morgan fingerprint density at radius 3 is 2.62 bits per heavy atom. The third-order valence-electron chi connectivity index (χ3n) is 3.62. The minimum Gasteiger partial charge on any atom is -0.354 e. The van der Waals surface area contributed by atoms with E-state index in [9.17, 15) is 13.6 Å². The van der Waals surface area contributed by atoms with E-state index < -0.39 is 11.6 Å². The second-order valence-electron chi connectivity index (χ2n) is 5.14. The number of H-pyrrole nitrogens is 1. The zero-order valence-electron chi connectivity index (χ0n) is 11.6. The smallest absolute Gasteiger partial charge is 0.168 e. The average molecular weight is 285 g/mol. The molecule has 0 fully saturated rings. The zero-order valence-corrected chi connectivity index (χ0v) is 11.6. The lowest BCUT2D eigenvalue weighted by atomic mass is 10.0. The molecule has 3 aromatic rings. The van der Waals surface area contributed by atoms with Crippen molar-refractivity contribution in [3.8, 4) is 11.3 Å². The number of nitrogens with one attached hydrogen (secondary N) is 1.